The van der Waals surface area contributed by atoms with Gasteiger partial charge < -0.3 is 15.1 Å². The molecule has 5 heteroatoms. The van der Waals surface area contributed by atoms with Crippen LogP contribution in [0.4, 0.5) is 4.79 Å². The first-order valence-corrected chi connectivity index (χ1v) is 4.10. The lowest BCUT2D eigenvalue weighted by atomic mass is 10.0. The molecule has 5 nitrogen and oxygen atoms in total. The van der Waals surface area contributed by atoms with Crippen LogP contribution in [0.1, 0.15) is 6.42 Å². The average Bonchev–Trinajstić information content (AvgIpc) is 1.91. The number of hydrogen-bond donors (Lipinski definition) is 2. The Hall–Kier alpha value is -0.810. The van der Waals surface area contributed by atoms with Crippen LogP contribution >= 0.6 is 0 Å². The van der Waals surface area contributed by atoms with Gasteiger partial charge >= 0.3 is 6.09 Å². The van der Waals surface area contributed by atoms with Crippen molar-refractivity contribution in [1.29, 1.82) is 0 Å². The first-order chi connectivity index (χ1) is 5.68. The van der Waals surface area contributed by atoms with Crippen molar-refractivity contribution < 1.29 is 15.0 Å². The molecular weight excluding hydrogens is 160 g/mol. The van der Waals surface area contributed by atoms with E-state index in [0.717, 1.165) is 13.0 Å². The van der Waals surface area contributed by atoms with E-state index >= 15 is 0 Å². The number of aliphatic hydroxyl groups is 1. The van der Waals surface area contributed by atoms with E-state index in [2.05, 4.69) is 0 Å². The van der Waals surface area contributed by atoms with Crippen LogP contribution in [0.15, 0.2) is 0 Å². The molecule has 2 heterocycles. The highest BCUT2D eigenvalue weighted by Crippen LogP contribution is 2.24. The quantitative estimate of drug-likeness (QED) is 0.553. The fourth-order valence-electron chi connectivity index (χ4n) is 1.64. The Morgan fingerprint density at radius 1 is 1.42 bits per heavy atom. The van der Waals surface area contributed by atoms with E-state index < -0.39 is 6.09 Å². The third kappa shape index (κ3) is 1.05. The molecule has 0 radical (unpaired) electrons. The molecule has 0 saturated carbocycles. The number of likely N-dealkylation sites (tertiary alicyclic amines) is 2. The molecule has 2 rings (SSSR count). The summed E-state index contributed by atoms with van der Waals surface area (Å²) in [4.78, 5) is 13.7. The highest BCUT2D eigenvalue weighted by Gasteiger charge is 2.40. The molecule has 0 aromatic heterocycles. The van der Waals surface area contributed by atoms with Crippen LogP contribution in [0.3, 0.4) is 0 Å². The fraction of sp³-hybridized carbons (Fsp3) is 0.857. The van der Waals surface area contributed by atoms with Gasteiger partial charge in [0.25, 0.3) is 0 Å². The normalized spacial score (nSPS) is 31.1. The molecule has 1 atom stereocenters. The lowest BCUT2D eigenvalue weighted by Gasteiger charge is -2.50. The summed E-state index contributed by atoms with van der Waals surface area (Å²) in [6.45, 7) is 2.00. The number of nitrogens with zero attached hydrogens (tertiary/aromatic N) is 2. The molecular formula is C7H12N2O3. The zero-order chi connectivity index (χ0) is 8.72. The molecule has 1 unspecified atom stereocenters. The predicted octanol–water partition coefficient (Wildman–Crippen LogP) is -0.627. The maximum absolute atomic E-state index is 10.4. The van der Waals surface area contributed by atoms with Gasteiger partial charge in [-0.2, -0.15) is 0 Å². The maximum atomic E-state index is 10.4. The second-order valence-corrected chi connectivity index (χ2v) is 3.35. The number of rotatable bonds is 1. The van der Waals surface area contributed by atoms with Crippen molar-refractivity contribution in [2.24, 2.45) is 0 Å². The van der Waals surface area contributed by atoms with Crippen LogP contribution in [0.25, 0.3) is 0 Å². The molecule has 0 aliphatic carbocycles. The van der Waals surface area contributed by atoms with E-state index in [0.29, 0.717) is 13.1 Å². The maximum Gasteiger partial charge on any atom is 0.407 e. The minimum absolute atomic E-state index is 0.254. The van der Waals surface area contributed by atoms with Crippen molar-refractivity contribution >= 4 is 6.09 Å². The van der Waals surface area contributed by atoms with E-state index in [-0.39, 0.29) is 12.3 Å². The molecule has 2 N–H and O–H groups in total. The van der Waals surface area contributed by atoms with Crippen LogP contribution in [0, 0.1) is 0 Å². The Balaban J connectivity index is 1.78. The molecule has 2 fully saturated rings. The molecule has 0 aromatic carbocycles. The van der Waals surface area contributed by atoms with Crippen molar-refractivity contribution in [3.63, 3.8) is 0 Å². The van der Waals surface area contributed by atoms with E-state index in [1.54, 1.807) is 0 Å². The van der Waals surface area contributed by atoms with Gasteiger partial charge in [0.2, 0.25) is 0 Å². The van der Waals surface area contributed by atoms with E-state index in [1.165, 1.54) is 4.90 Å². The van der Waals surface area contributed by atoms with Crippen LogP contribution in [0.2, 0.25) is 0 Å². The van der Waals surface area contributed by atoms with Crippen molar-refractivity contribution in [2.75, 3.05) is 19.6 Å². The third-order valence-corrected chi connectivity index (χ3v) is 2.63. The van der Waals surface area contributed by atoms with E-state index in [9.17, 15) is 9.90 Å². The lowest BCUT2D eigenvalue weighted by molar-refractivity contribution is -0.128. The largest absolute Gasteiger partial charge is 0.465 e. The molecule has 1 amide bonds. The Bertz CT molecular complexity index is 203. The molecule has 0 aromatic rings. The number of aliphatic hydroxyl groups excluding tert-OH is 1. The van der Waals surface area contributed by atoms with E-state index in [4.69, 9.17) is 5.11 Å². The van der Waals surface area contributed by atoms with Crippen LogP contribution in [-0.2, 0) is 0 Å². The zero-order valence-corrected chi connectivity index (χ0v) is 6.68. The second-order valence-electron chi connectivity index (χ2n) is 3.35. The van der Waals surface area contributed by atoms with E-state index in [1.807, 2.05) is 4.90 Å². The molecule has 2 aliphatic rings. The summed E-state index contributed by atoms with van der Waals surface area (Å²) in [6.07, 6.45) is -0.365. The van der Waals surface area contributed by atoms with Crippen LogP contribution in [-0.4, -0.2) is 58.0 Å². The Kier molecular flexibility index (Phi) is 1.69. The highest BCUT2D eigenvalue weighted by atomic mass is 16.4. The Morgan fingerprint density at radius 2 is 2.08 bits per heavy atom. The van der Waals surface area contributed by atoms with Gasteiger partial charge in [-0.05, 0) is 6.42 Å². The summed E-state index contributed by atoms with van der Waals surface area (Å²) in [5.41, 5.74) is 0. The summed E-state index contributed by atoms with van der Waals surface area (Å²) in [5.74, 6) is 0. The minimum atomic E-state index is -0.860. The van der Waals surface area contributed by atoms with Crippen molar-refractivity contribution in [3.8, 4) is 0 Å². The number of carbonyl (C=O) groups is 1. The van der Waals surface area contributed by atoms with Crippen molar-refractivity contribution in [2.45, 2.75) is 18.7 Å². The van der Waals surface area contributed by atoms with Crippen molar-refractivity contribution in [1.82, 2.24) is 9.80 Å². The van der Waals surface area contributed by atoms with Gasteiger partial charge in [-0.25, -0.2) is 4.79 Å². The van der Waals surface area contributed by atoms with Gasteiger partial charge in [0.1, 0.15) is 6.23 Å². The first-order valence-electron chi connectivity index (χ1n) is 4.10. The summed E-state index contributed by atoms with van der Waals surface area (Å²) in [5, 5.41) is 17.8. The van der Waals surface area contributed by atoms with Gasteiger partial charge in [-0.15, -0.1) is 0 Å². The molecule has 0 spiro atoms. The summed E-state index contributed by atoms with van der Waals surface area (Å²) < 4.78 is 0. The van der Waals surface area contributed by atoms with Crippen LogP contribution in [0.5, 0.6) is 0 Å². The summed E-state index contributed by atoms with van der Waals surface area (Å²) >= 11 is 0. The Labute approximate surface area is 70.2 Å². The second kappa shape index (κ2) is 2.60. The zero-order valence-electron chi connectivity index (χ0n) is 6.68. The van der Waals surface area contributed by atoms with Gasteiger partial charge in [0.05, 0.1) is 0 Å². The average molecular weight is 172 g/mol. The Morgan fingerprint density at radius 3 is 2.42 bits per heavy atom. The number of amides is 1. The standard InChI is InChI=1S/C7H12N2O3/c10-6-1-2-9(6)5-3-8(4-5)7(11)12/h5-6,10H,1-4H2,(H,11,12). The van der Waals surface area contributed by atoms with Gasteiger partial charge in [-0.1, -0.05) is 0 Å². The molecule has 2 saturated heterocycles. The smallest absolute Gasteiger partial charge is 0.407 e. The molecule has 68 valence electrons. The minimum Gasteiger partial charge on any atom is -0.465 e. The van der Waals surface area contributed by atoms with Crippen LogP contribution < -0.4 is 0 Å². The van der Waals surface area contributed by atoms with Gasteiger partial charge in [0, 0.05) is 25.7 Å². The van der Waals surface area contributed by atoms with Gasteiger partial charge in [0.15, 0.2) is 0 Å². The first kappa shape index (κ1) is 7.82. The predicted molar refractivity (Wildman–Crippen MR) is 40.7 cm³/mol. The monoisotopic (exact) mass is 172 g/mol. The highest BCUT2D eigenvalue weighted by molar-refractivity contribution is 5.66. The molecule has 0 bridgehead atoms. The molecule has 12 heavy (non-hydrogen) atoms. The third-order valence-electron chi connectivity index (χ3n) is 2.63. The summed E-state index contributed by atoms with van der Waals surface area (Å²) in [6, 6.07) is 0.254. The molecule has 2 aliphatic heterocycles. The topological polar surface area (TPSA) is 64.0 Å². The SMILES string of the molecule is O=C(O)N1CC(N2CCC2O)C1. The fourth-order valence-corrected chi connectivity index (χ4v) is 1.64. The van der Waals surface area contributed by atoms with Gasteiger partial charge in [-0.3, -0.25) is 4.90 Å². The lowest BCUT2D eigenvalue weighted by Crippen LogP contribution is -2.66. The van der Waals surface area contributed by atoms with Crippen molar-refractivity contribution in [3.05, 3.63) is 0 Å². The summed E-state index contributed by atoms with van der Waals surface area (Å²) in [7, 11) is 0. The number of carboxylic acid groups (broad SMARTS) is 1. The number of hydrogen-bond acceptors (Lipinski definition) is 3.